The van der Waals surface area contributed by atoms with E-state index in [0.29, 0.717) is 6.10 Å². The molecule has 0 saturated heterocycles. The SMILES string of the molecule is CCc1ccc2c(c1)CC(CC)O2. The van der Waals surface area contributed by atoms with Crippen LogP contribution in [0.4, 0.5) is 0 Å². The van der Waals surface area contributed by atoms with Crippen LogP contribution in [0, 0.1) is 0 Å². The Balaban J connectivity index is 2.25. The predicted molar refractivity (Wildman–Crippen MR) is 54.2 cm³/mol. The van der Waals surface area contributed by atoms with Crippen molar-refractivity contribution in [3.05, 3.63) is 29.3 Å². The Kier molecular flexibility index (Phi) is 2.26. The first-order valence-electron chi connectivity index (χ1n) is 5.12. The van der Waals surface area contributed by atoms with Crippen molar-refractivity contribution in [1.29, 1.82) is 0 Å². The van der Waals surface area contributed by atoms with Gasteiger partial charge in [-0.25, -0.2) is 0 Å². The number of aryl methyl sites for hydroxylation is 1. The molecule has 1 aliphatic heterocycles. The van der Waals surface area contributed by atoms with Crippen molar-refractivity contribution in [2.45, 2.75) is 39.2 Å². The normalized spacial score (nSPS) is 19.7. The van der Waals surface area contributed by atoms with Gasteiger partial charge in [0.2, 0.25) is 0 Å². The van der Waals surface area contributed by atoms with Crippen molar-refractivity contribution in [3.8, 4) is 5.75 Å². The molecular formula is C12H16O. The third kappa shape index (κ3) is 1.55. The van der Waals surface area contributed by atoms with E-state index in [1.54, 1.807) is 0 Å². The first-order valence-corrected chi connectivity index (χ1v) is 5.12. The highest BCUT2D eigenvalue weighted by Crippen LogP contribution is 2.30. The second-order valence-electron chi connectivity index (χ2n) is 3.65. The Morgan fingerprint density at radius 3 is 2.92 bits per heavy atom. The van der Waals surface area contributed by atoms with Crippen LogP contribution >= 0.6 is 0 Å². The minimum atomic E-state index is 0.419. The number of fused-ring (bicyclic) bond motifs is 1. The number of hydrogen-bond acceptors (Lipinski definition) is 1. The maximum Gasteiger partial charge on any atom is 0.123 e. The Labute approximate surface area is 79.7 Å². The molecule has 0 radical (unpaired) electrons. The molecule has 13 heavy (non-hydrogen) atoms. The zero-order valence-corrected chi connectivity index (χ0v) is 8.34. The average molecular weight is 176 g/mol. The lowest BCUT2D eigenvalue weighted by Crippen LogP contribution is -2.10. The lowest BCUT2D eigenvalue weighted by atomic mass is 10.0. The molecule has 2 rings (SSSR count). The van der Waals surface area contributed by atoms with E-state index in [0.717, 1.165) is 25.0 Å². The molecule has 1 heteroatoms. The summed E-state index contributed by atoms with van der Waals surface area (Å²) in [4.78, 5) is 0. The van der Waals surface area contributed by atoms with E-state index in [9.17, 15) is 0 Å². The molecule has 0 N–H and O–H groups in total. The van der Waals surface area contributed by atoms with Gasteiger partial charge < -0.3 is 4.74 Å². The van der Waals surface area contributed by atoms with Gasteiger partial charge in [0.1, 0.15) is 11.9 Å². The highest BCUT2D eigenvalue weighted by atomic mass is 16.5. The van der Waals surface area contributed by atoms with E-state index in [2.05, 4.69) is 32.0 Å². The van der Waals surface area contributed by atoms with E-state index < -0.39 is 0 Å². The summed E-state index contributed by atoms with van der Waals surface area (Å²) in [7, 11) is 0. The molecule has 1 aromatic carbocycles. The van der Waals surface area contributed by atoms with Gasteiger partial charge in [-0.15, -0.1) is 0 Å². The summed E-state index contributed by atoms with van der Waals surface area (Å²) < 4.78 is 5.76. The van der Waals surface area contributed by atoms with Crippen LogP contribution in [0.3, 0.4) is 0 Å². The molecule has 0 amide bonds. The molecule has 1 atom stereocenters. The molecule has 1 heterocycles. The predicted octanol–water partition coefficient (Wildman–Crippen LogP) is 2.96. The van der Waals surface area contributed by atoms with Crippen LogP contribution in [0.1, 0.15) is 31.4 Å². The van der Waals surface area contributed by atoms with Crippen molar-refractivity contribution in [3.63, 3.8) is 0 Å². The summed E-state index contributed by atoms with van der Waals surface area (Å²) in [6, 6.07) is 6.56. The maximum atomic E-state index is 5.76. The topological polar surface area (TPSA) is 9.23 Å². The Morgan fingerprint density at radius 2 is 2.23 bits per heavy atom. The van der Waals surface area contributed by atoms with Crippen LogP contribution in [0.2, 0.25) is 0 Å². The van der Waals surface area contributed by atoms with Crippen LogP contribution in [0.5, 0.6) is 5.75 Å². The first kappa shape index (κ1) is 8.61. The third-order valence-corrected chi connectivity index (χ3v) is 2.73. The molecule has 0 spiro atoms. The fourth-order valence-electron chi connectivity index (χ4n) is 1.82. The highest BCUT2D eigenvalue weighted by molar-refractivity contribution is 5.40. The van der Waals surface area contributed by atoms with E-state index in [1.807, 2.05) is 0 Å². The molecule has 0 bridgehead atoms. The van der Waals surface area contributed by atoms with Crippen molar-refractivity contribution in [2.75, 3.05) is 0 Å². The molecular weight excluding hydrogens is 160 g/mol. The van der Waals surface area contributed by atoms with E-state index in [4.69, 9.17) is 4.74 Å². The van der Waals surface area contributed by atoms with Gasteiger partial charge in [0.25, 0.3) is 0 Å². The van der Waals surface area contributed by atoms with Gasteiger partial charge in [0.15, 0.2) is 0 Å². The summed E-state index contributed by atoms with van der Waals surface area (Å²) in [5.74, 6) is 1.10. The Bertz CT molecular complexity index is 304. The fourth-order valence-corrected chi connectivity index (χ4v) is 1.82. The monoisotopic (exact) mass is 176 g/mol. The largest absolute Gasteiger partial charge is 0.490 e. The van der Waals surface area contributed by atoms with Gasteiger partial charge >= 0.3 is 0 Å². The molecule has 1 unspecified atom stereocenters. The number of benzene rings is 1. The molecule has 0 fully saturated rings. The fraction of sp³-hybridized carbons (Fsp3) is 0.500. The second kappa shape index (κ2) is 3.41. The Hall–Kier alpha value is -0.980. The molecule has 0 saturated carbocycles. The van der Waals surface area contributed by atoms with E-state index in [-0.39, 0.29) is 0 Å². The van der Waals surface area contributed by atoms with Gasteiger partial charge in [-0.3, -0.25) is 0 Å². The lowest BCUT2D eigenvalue weighted by molar-refractivity contribution is 0.228. The average Bonchev–Trinajstić information content (AvgIpc) is 2.58. The summed E-state index contributed by atoms with van der Waals surface area (Å²) in [6.07, 6.45) is 3.74. The smallest absolute Gasteiger partial charge is 0.123 e. The number of hydrogen-bond donors (Lipinski definition) is 0. The first-order chi connectivity index (χ1) is 6.33. The molecule has 1 aliphatic rings. The lowest BCUT2D eigenvalue weighted by Gasteiger charge is -2.05. The molecule has 70 valence electrons. The standard InChI is InChI=1S/C12H16O/c1-3-9-5-6-12-10(7-9)8-11(4-2)13-12/h5-7,11H,3-4,8H2,1-2H3. The number of rotatable bonds is 2. The zero-order valence-electron chi connectivity index (χ0n) is 8.34. The molecule has 1 nitrogen and oxygen atoms in total. The summed E-state index contributed by atoms with van der Waals surface area (Å²) in [5, 5.41) is 0. The van der Waals surface area contributed by atoms with Gasteiger partial charge in [0.05, 0.1) is 0 Å². The van der Waals surface area contributed by atoms with Crippen LogP contribution in [0.25, 0.3) is 0 Å². The number of ether oxygens (including phenoxy) is 1. The van der Waals surface area contributed by atoms with Gasteiger partial charge in [0, 0.05) is 6.42 Å². The van der Waals surface area contributed by atoms with Crippen molar-refractivity contribution in [2.24, 2.45) is 0 Å². The van der Waals surface area contributed by atoms with E-state index in [1.165, 1.54) is 11.1 Å². The minimum absolute atomic E-state index is 0.419. The second-order valence-corrected chi connectivity index (χ2v) is 3.65. The van der Waals surface area contributed by atoms with Crippen LogP contribution in [-0.4, -0.2) is 6.10 Å². The summed E-state index contributed by atoms with van der Waals surface area (Å²) in [5.41, 5.74) is 2.81. The van der Waals surface area contributed by atoms with Crippen molar-refractivity contribution >= 4 is 0 Å². The highest BCUT2D eigenvalue weighted by Gasteiger charge is 2.20. The zero-order chi connectivity index (χ0) is 9.26. The van der Waals surface area contributed by atoms with Crippen LogP contribution in [0.15, 0.2) is 18.2 Å². The van der Waals surface area contributed by atoms with Crippen LogP contribution in [-0.2, 0) is 12.8 Å². The van der Waals surface area contributed by atoms with Gasteiger partial charge in [-0.05, 0) is 30.0 Å². The minimum Gasteiger partial charge on any atom is -0.490 e. The van der Waals surface area contributed by atoms with Crippen LogP contribution < -0.4 is 4.74 Å². The van der Waals surface area contributed by atoms with Crippen molar-refractivity contribution in [1.82, 2.24) is 0 Å². The summed E-state index contributed by atoms with van der Waals surface area (Å²) in [6.45, 7) is 4.37. The Morgan fingerprint density at radius 1 is 1.38 bits per heavy atom. The third-order valence-electron chi connectivity index (χ3n) is 2.73. The molecule has 0 aliphatic carbocycles. The summed E-state index contributed by atoms with van der Waals surface area (Å²) >= 11 is 0. The molecule has 1 aromatic rings. The van der Waals surface area contributed by atoms with Gasteiger partial charge in [-0.1, -0.05) is 26.0 Å². The quantitative estimate of drug-likeness (QED) is 0.673. The van der Waals surface area contributed by atoms with Gasteiger partial charge in [-0.2, -0.15) is 0 Å². The molecule has 0 aromatic heterocycles. The van der Waals surface area contributed by atoms with E-state index >= 15 is 0 Å². The van der Waals surface area contributed by atoms with Crippen molar-refractivity contribution < 1.29 is 4.74 Å². The maximum absolute atomic E-state index is 5.76.